The Morgan fingerprint density at radius 1 is 1.11 bits per heavy atom. The van der Waals surface area contributed by atoms with Crippen LogP contribution in [0.3, 0.4) is 0 Å². The molecule has 0 aromatic heterocycles. The van der Waals surface area contributed by atoms with Crippen molar-refractivity contribution in [3.63, 3.8) is 0 Å². The van der Waals surface area contributed by atoms with Gasteiger partial charge in [0.05, 0.1) is 25.9 Å². The lowest BCUT2D eigenvalue weighted by atomic mass is 9.89. The zero-order chi connectivity index (χ0) is 18.7. The summed E-state index contributed by atoms with van der Waals surface area (Å²) in [6, 6.07) is 10.3. The van der Waals surface area contributed by atoms with Crippen molar-refractivity contribution in [3.8, 4) is 0 Å². The van der Waals surface area contributed by atoms with Gasteiger partial charge in [0.15, 0.2) is 0 Å². The van der Waals surface area contributed by atoms with Crippen molar-refractivity contribution in [2.45, 2.75) is 56.8 Å². The second-order valence-corrected chi connectivity index (χ2v) is 8.35. The average molecular weight is 373 g/mol. The number of carbonyl (C=O) groups is 1. The van der Waals surface area contributed by atoms with Crippen molar-refractivity contribution >= 4 is 5.91 Å². The summed E-state index contributed by atoms with van der Waals surface area (Å²) in [5.74, 6) is 0.291. The highest BCUT2D eigenvalue weighted by molar-refractivity contribution is 5.77. The van der Waals surface area contributed by atoms with Crippen LogP contribution in [-0.4, -0.2) is 66.7 Å². The van der Waals surface area contributed by atoms with Crippen LogP contribution in [0.15, 0.2) is 30.3 Å². The highest BCUT2D eigenvalue weighted by Gasteiger charge is 2.43. The first-order chi connectivity index (χ1) is 13.2. The van der Waals surface area contributed by atoms with Crippen LogP contribution >= 0.6 is 0 Å². The minimum Gasteiger partial charge on any atom is -0.379 e. The van der Waals surface area contributed by atoms with E-state index in [2.05, 4.69) is 24.0 Å². The fourth-order valence-electron chi connectivity index (χ4n) is 5.08. The molecule has 1 saturated carbocycles. The van der Waals surface area contributed by atoms with Crippen LogP contribution < -0.4 is 0 Å². The molecule has 0 bridgehead atoms. The highest BCUT2D eigenvalue weighted by Crippen LogP contribution is 2.39. The van der Waals surface area contributed by atoms with Crippen molar-refractivity contribution in [1.29, 1.82) is 0 Å². The summed E-state index contributed by atoms with van der Waals surface area (Å²) in [5.41, 5.74) is 1.20. The molecule has 148 valence electrons. The Hall–Kier alpha value is -1.43. The summed E-state index contributed by atoms with van der Waals surface area (Å²) < 4.78 is 11.7. The predicted molar refractivity (Wildman–Crippen MR) is 105 cm³/mol. The molecule has 0 radical (unpaired) electrons. The maximum atomic E-state index is 13.3. The van der Waals surface area contributed by atoms with Crippen LogP contribution in [0, 0.1) is 0 Å². The smallest absolute Gasteiger partial charge is 0.224 e. The second kappa shape index (κ2) is 8.29. The van der Waals surface area contributed by atoms with Gasteiger partial charge in [-0.05, 0) is 25.3 Å². The topological polar surface area (TPSA) is 42.0 Å². The van der Waals surface area contributed by atoms with Crippen LogP contribution in [0.5, 0.6) is 0 Å². The van der Waals surface area contributed by atoms with Crippen molar-refractivity contribution in [2.75, 3.05) is 39.4 Å². The molecule has 3 aliphatic rings. The number of carbonyl (C=O) groups excluding carboxylic acids is 1. The van der Waals surface area contributed by atoms with Gasteiger partial charge in [-0.2, -0.15) is 0 Å². The third kappa shape index (κ3) is 4.20. The van der Waals surface area contributed by atoms with E-state index in [1.807, 2.05) is 23.1 Å². The van der Waals surface area contributed by atoms with Crippen LogP contribution in [-0.2, 0) is 14.3 Å². The second-order valence-electron chi connectivity index (χ2n) is 8.35. The summed E-state index contributed by atoms with van der Waals surface area (Å²) >= 11 is 0. The quantitative estimate of drug-likeness (QED) is 0.815. The van der Waals surface area contributed by atoms with E-state index in [1.165, 1.54) is 12.8 Å². The summed E-state index contributed by atoms with van der Waals surface area (Å²) in [5, 5.41) is 0. The van der Waals surface area contributed by atoms with Crippen LogP contribution in [0.2, 0.25) is 0 Å². The molecule has 2 heterocycles. The van der Waals surface area contributed by atoms with Crippen molar-refractivity contribution in [1.82, 2.24) is 9.80 Å². The molecule has 1 amide bonds. The molecular weight excluding hydrogens is 340 g/mol. The molecule has 2 atom stereocenters. The van der Waals surface area contributed by atoms with E-state index in [4.69, 9.17) is 9.47 Å². The summed E-state index contributed by atoms with van der Waals surface area (Å²) in [6.07, 6.45) is 5.42. The van der Waals surface area contributed by atoms with Gasteiger partial charge in [0.1, 0.15) is 6.10 Å². The molecule has 1 aromatic carbocycles. The third-order valence-corrected chi connectivity index (χ3v) is 6.48. The van der Waals surface area contributed by atoms with E-state index < -0.39 is 0 Å². The molecule has 27 heavy (non-hydrogen) atoms. The molecule has 0 N–H and O–H groups in total. The number of benzene rings is 1. The number of hydrogen-bond donors (Lipinski definition) is 0. The van der Waals surface area contributed by atoms with E-state index in [1.54, 1.807) is 0 Å². The normalized spacial score (nSPS) is 29.0. The van der Waals surface area contributed by atoms with Crippen LogP contribution in [0.1, 0.15) is 50.7 Å². The first-order valence-corrected chi connectivity index (χ1v) is 10.5. The minimum absolute atomic E-state index is 0.0261. The van der Waals surface area contributed by atoms with E-state index >= 15 is 0 Å². The Bertz CT molecular complexity index is 624. The lowest BCUT2D eigenvalue weighted by molar-refractivity contribution is -0.149. The number of hydrogen-bond acceptors (Lipinski definition) is 4. The van der Waals surface area contributed by atoms with Gasteiger partial charge in [0.2, 0.25) is 5.91 Å². The fourth-order valence-corrected chi connectivity index (χ4v) is 5.08. The van der Waals surface area contributed by atoms with E-state index in [9.17, 15) is 4.79 Å². The predicted octanol–water partition coefficient (Wildman–Crippen LogP) is 3.01. The van der Waals surface area contributed by atoms with Gasteiger partial charge in [-0.3, -0.25) is 9.69 Å². The Labute approximate surface area is 162 Å². The molecule has 2 saturated heterocycles. The van der Waals surface area contributed by atoms with E-state index in [0.717, 1.165) is 44.7 Å². The average Bonchev–Trinajstić information content (AvgIpc) is 3.18. The molecule has 2 aliphatic heterocycles. The van der Waals surface area contributed by atoms with Crippen molar-refractivity contribution in [3.05, 3.63) is 35.9 Å². The third-order valence-electron chi connectivity index (χ3n) is 6.48. The molecule has 1 aliphatic carbocycles. The minimum atomic E-state index is -0.0261. The number of ether oxygens (including phenoxy) is 2. The lowest BCUT2D eigenvalue weighted by Gasteiger charge is -2.45. The molecule has 3 fully saturated rings. The van der Waals surface area contributed by atoms with Gasteiger partial charge >= 0.3 is 0 Å². The number of morpholine rings is 2. The van der Waals surface area contributed by atoms with Crippen LogP contribution in [0.25, 0.3) is 0 Å². The summed E-state index contributed by atoms with van der Waals surface area (Å²) in [7, 11) is 0. The van der Waals surface area contributed by atoms with Crippen molar-refractivity contribution in [2.24, 2.45) is 0 Å². The zero-order valence-corrected chi connectivity index (χ0v) is 16.4. The molecule has 4 rings (SSSR count). The Morgan fingerprint density at radius 2 is 1.81 bits per heavy atom. The molecule has 0 unspecified atom stereocenters. The van der Waals surface area contributed by atoms with E-state index in [0.29, 0.717) is 25.4 Å². The fraction of sp³-hybridized carbons (Fsp3) is 0.682. The number of amides is 1. The number of rotatable bonds is 4. The summed E-state index contributed by atoms with van der Waals surface area (Å²) in [6.45, 7) is 6.93. The maximum Gasteiger partial charge on any atom is 0.224 e. The van der Waals surface area contributed by atoms with Gasteiger partial charge in [0, 0.05) is 31.6 Å². The zero-order valence-electron chi connectivity index (χ0n) is 16.4. The molecule has 5 nitrogen and oxygen atoms in total. The molecule has 1 aromatic rings. The van der Waals surface area contributed by atoms with Gasteiger partial charge in [-0.1, -0.05) is 43.2 Å². The summed E-state index contributed by atoms with van der Waals surface area (Å²) in [4.78, 5) is 17.9. The Morgan fingerprint density at radius 3 is 2.52 bits per heavy atom. The van der Waals surface area contributed by atoms with Gasteiger partial charge < -0.3 is 14.4 Å². The van der Waals surface area contributed by atoms with Gasteiger partial charge in [-0.25, -0.2) is 0 Å². The molecule has 5 heteroatoms. The van der Waals surface area contributed by atoms with Crippen LogP contribution in [0.4, 0.5) is 0 Å². The van der Waals surface area contributed by atoms with Gasteiger partial charge in [0.25, 0.3) is 0 Å². The largest absolute Gasteiger partial charge is 0.379 e. The first kappa shape index (κ1) is 18.9. The number of nitrogens with zero attached hydrogens (tertiary/aromatic N) is 2. The van der Waals surface area contributed by atoms with Crippen molar-refractivity contribution < 1.29 is 14.3 Å². The standard InChI is InChI=1S/C22H32N2O3/c1-18-16-23(17-20(27-18)19-7-3-2-4-8-19)21(25)15-22(9-5-6-10-22)24-11-13-26-14-12-24/h2-4,7-8,18,20H,5-6,9-17H2,1H3/t18-,20-/m1/s1. The molecule has 0 spiro atoms. The van der Waals surface area contributed by atoms with E-state index in [-0.39, 0.29) is 17.7 Å². The lowest BCUT2D eigenvalue weighted by Crippen LogP contribution is -2.55. The van der Waals surface area contributed by atoms with Gasteiger partial charge in [-0.15, -0.1) is 0 Å². The Kier molecular flexibility index (Phi) is 5.81. The SMILES string of the molecule is C[C@@H]1CN(C(=O)CC2(N3CCOCC3)CCCC2)C[C@H](c2ccccc2)O1. The Balaban J connectivity index is 1.46. The first-order valence-electron chi connectivity index (χ1n) is 10.5. The highest BCUT2D eigenvalue weighted by atomic mass is 16.5. The monoisotopic (exact) mass is 372 g/mol. The molecular formula is C22H32N2O3. The maximum absolute atomic E-state index is 13.3.